The van der Waals surface area contributed by atoms with E-state index in [0.29, 0.717) is 23.6 Å². The van der Waals surface area contributed by atoms with Crippen molar-refractivity contribution in [3.8, 4) is 5.75 Å². The lowest BCUT2D eigenvalue weighted by molar-refractivity contribution is 0.411. The number of guanidine groups is 1. The van der Waals surface area contributed by atoms with Gasteiger partial charge in [0.05, 0.1) is 12.9 Å². The number of ether oxygens (including phenoxy) is 1. The summed E-state index contributed by atoms with van der Waals surface area (Å²) in [4.78, 5) is 4.16. The van der Waals surface area contributed by atoms with Gasteiger partial charge in [-0.1, -0.05) is 18.2 Å². The van der Waals surface area contributed by atoms with Gasteiger partial charge in [0, 0.05) is 26.4 Å². The minimum Gasteiger partial charge on any atom is -0.496 e. The summed E-state index contributed by atoms with van der Waals surface area (Å²) < 4.78 is 42.1. The number of sulfone groups is 1. The van der Waals surface area contributed by atoms with Crippen LogP contribution in [-0.2, 0) is 28.7 Å². The third-order valence-corrected chi connectivity index (χ3v) is 5.01. The van der Waals surface area contributed by atoms with Crippen LogP contribution in [0.25, 0.3) is 0 Å². The molecule has 6 nitrogen and oxygen atoms in total. The summed E-state index contributed by atoms with van der Waals surface area (Å²) in [6, 6.07) is 10.0. The molecule has 0 heterocycles. The van der Waals surface area contributed by atoms with E-state index < -0.39 is 15.7 Å². The molecule has 0 bridgehead atoms. The highest BCUT2D eigenvalue weighted by molar-refractivity contribution is 14.0. The lowest BCUT2D eigenvalue weighted by Gasteiger charge is -2.15. The molecule has 0 saturated heterocycles. The number of methoxy groups -OCH3 is 1. The van der Waals surface area contributed by atoms with E-state index in [9.17, 15) is 12.8 Å². The van der Waals surface area contributed by atoms with E-state index in [4.69, 9.17) is 4.74 Å². The third kappa shape index (κ3) is 8.17. The quantitative estimate of drug-likeness (QED) is 0.324. The molecule has 0 atom stereocenters. The zero-order chi connectivity index (χ0) is 20.7. The number of hydrogen-bond donors (Lipinski definition) is 2. The molecule has 0 aromatic heterocycles. The first kappa shape index (κ1) is 25.2. The fourth-order valence-corrected chi connectivity index (χ4v) is 3.66. The van der Waals surface area contributed by atoms with Crippen molar-refractivity contribution in [3.05, 3.63) is 64.5 Å². The van der Waals surface area contributed by atoms with Gasteiger partial charge in [0.25, 0.3) is 0 Å². The number of halogens is 2. The van der Waals surface area contributed by atoms with Crippen molar-refractivity contribution in [2.45, 2.75) is 25.8 Å². The van der Waals surface area contributed by atoms with Gasteiger partial charge in [-0.25, -0.2) is 12.8 Å². The number of aryl methyl sites for hydroxylation is 1. The normalized spacial score (nSPS) is 11.6. The van der Waals surface area contributed by atoms with Crippen LogP contribution < -0.4 is 15.4 Å². The molecule has 0 aliphatic heterocycles. The summed E-state index contributed by atoms with van der Waals surface area (Å²) in [5, 5.41) is 6.29. The van der Waals surface area contributed by atoms with Crippen molar-refractivity contribution >= 4 is 39.8 Å². The zero-order valence-corrected chi connectivity index (χ0v) is 20.1. The number of hydrogen-bond acceptors (Lipinski definition) is 4. The Labute approximate surface area is 188 Å². The highest BCUT2D eigenvalue weighted by Gasteiger charge is 2.11. The van der Waals surface area contributed by atoms with E-state index >= 15 is 0 Å². The molecule has 0 fully saturated rings. The van der Waals surface area contributed by atoms with Crippen LogP contribution in [0.3, 0.4) is 0 Å². The monoisotopic (exact) mass is 535 g/mol. The Morgan fingerprint density at radius 2 is 1.79 bits per heavy atom. The molecule has 0 spiro atoms. The fourth-order valence-electron chi connectivity index (χ4n) is 2.82. The van der Waals surface area contributed by atoms with E-state index in [-0.39, 0.29) is 36.3 Å². The molecule has 29 heavy (non-hydrogen) atoms. The number of nitrogens with one attached hydrogen (secondary N) is 2. The zero-order valence-electron chi connectivity index (χ0n) is 17.0. The van der Waals surface area contributed by atoms with Crippen LogP contribution in [0.4, 0.5) is 4.39 Å². The average Bonchev–Trinajstić information content (AvgIpc) is 2.63. The largest absolute Gasteiger partial charge is 0.496 e. The smallest absolute Gasteiger partial charge is 0.191 e. The molecule has 2 rings (SSSR count). The van der Waals surface area contributed by atoms with Gasteiger partial charge in [-0.3, -0.25) is 4.99 Å². The first-order valence-electron chi connectivity index (χ1n) is 8.75. The van der Waals surface area contributed by atoms with Gasteiger partial charge in [-0.05, 0) is 47.4 Å². The molecule has 160 valence electrons. The molecule has 0 aliphatic rings. The van der Waals surface area contributed by atoms with Crippen molar-refractivity contribution in [2.75, 3.05) is 20.4 Å². The maximum atomic E-state index is 13.6. The molecule has 0 saturated carbocycles. The first-order valence-corrected chi connectivity index (χ1v) is 10.8. The Hall–Kier alpha value is -1.88. The molecule has 0 amide bonds. The Balaban J connectivity index is 0.00000420. The summed E-state index contributed by atoms with van der Waals surface area (Å²) in [6.07, 6.45) is 1.16. The van der Waals surface area contributed by atoms with Crippen LogP contribution in [0.15, 0.2) is 41.4 Å². The van der Waals surface area contributed by atoms with Crippen molar-refractivity contribution in [1.82, 2.24) is 10.6 Å². The summed E-state index contributed by atoms with van der Waals surface area (Å²) in [7, 11) is 0.0528. The van der Waals surface area contributed by atoms with Crippen LogP contribution in [-0.4, -0.2) is 34.8 Å². The maximum absolute atomic E-state index is 13.6. The van der Waals surface area contributed by atoms with Gasteiger partial charge in [0.1, 0.15) is 11.6 Å². The topological polar surface area (TPSA) is 79.8 Å². The van der Waals surface area contributed by atoms with E-state index in [1.165, 1.54) is 18.2 Å². The summed E-state index contributed by atoms with van der Waals surface area (Å²) >= 11 is 0. The van der Waals surface area contributed by atoms with Crippen molar-refractivity contribution in [1.29, 1.82) is 0 Å². The molecule has 0 aliphatic carbocycles. The van der Waals surface area contributed by atoms with E-state index in [1.54, 1.807) is 14.2 Å². The van der Waals surface area contributed by atoms with Gasteiger partial charge < -0.3 is 15.4 Å². The van der Waals surface area contributed by atoms with Gasteiger partial charge in [0.15, 0.2) is 15.8 Å². The summed E-state index contributed by atoms with van der Waals surface area (Å²) in [5.41, 5.74) is 3.24. The number of rotatable bonds is 7. The minimum atomic E-state index is -3.22. The molecule has 0 radical (unpaired) electrons. The van der Waals surface area contributed by atoms with Crippen LogP contribution >= 0.6 is 24.0 Å². The highest BCUT2D eigenvalue weighted by atomic mass is 127. The molecule has 0 unspecified atom stereocenters. The first-order chi connectivity index (χ1) is 13.2. The van der Waals surface area contributed by atoms with Crippen LogP contribution in [0.1, 0.15) is 22.3 Å². The van der Waals surface area contributed by atoms with Crippen LogP contribution in [0, 0.1) is 12.7 Å². The van der Waals surface area contributed by atoms with Crippen molar-refractivity contribution in [2.24, 2.45) is 4.99 Å². The van der Waals surface area contributed by atoms with E-state index in [2.05, 4.69) is 15.6 Å². The van der Waals surface area contributed by atoms with Crippen LogP contribution in [0.5, 0.6) is 5.75 Å². The lowest BCUT2D eigenvalue weighted by Crippen LogP contribution is -2.36. The molecular formula is C20H27FIN3O3S. The Morgan fingerprint density at radius 3 is 2.38 bits per heavy atom. The molecule has 2 aromatic rings. The minimum absolute atomic E-state index is 0. The van der Waals surface area contributed by atoms with Crippen LogP contribution in [0.2, 0.25) is 0 Å². The maximum Gasteiger partial charge on any atom is 0.191 e. The Kier molecular flexibility index (Phi) is 9.84. The molecule has 2 N–H and O–H groups in total. The predicted molar refractivity (Wildman–Crippen MR) is 125 cm³/mol. The second-order valence-electron chi connectivity index (χ2n) is 6.57. The predicted octanol–water partition coefficient (Wildman–Crippen LogP) is 3.17. The molecule has 2 aromatic carbocycles. The van der Waals surface area contributed by atoms with Gasteiger partial charge >= 0.3 is 0 Å². The number of nitrogens with zero attached hydrogens (tertiary/aromatic N) is 1. The Bertz CT molecular complexity index is 965. The highest BCUT2D eigenvalue weighted by Crippen LogP contribution is 2.18. The summed E-state index contributed by atoms with van der Waals surface area (Å²) in [5.74, 6) is 0.811. The molecular weight excluding hydrogens is 508 g/mol. The second kappa shape index (κ2) is 11.3. The summed E-state index contributed by atoms with van der Waals surface area (Å²) in [6.45, 7) is 2.77. The van der Waals surface area contributed by atoms with Crippen molar-refractivity contribution in [3.63, 3.8) is 0 Å². The van der Waals surface area contributed by atoms with Gasteiger partial charge in [0.2, 0.25) is 0 Å². The second-order valence-corrected chi connectivity index (χ2v) is 8.71. The fraction of sp³-hybridized carbons (Fsp3) is 0.350. The standard InChI is InChI=1S/C20H26FN3O3S.HI/c1-14-9-15(5-8-19(14)27-3)11-23-20(22-2)24-12-17-10-18(21)7-6-16(17)13-28(4,25)26;/h5-10H,11-13H2,1-4H3,(H2,22,23,24);1H. The Morgan fingerprint density at radius 1 is 1.10 bits per heavy atom. The SMILES string of the molecule is CN=C(NCc1ccc(OC)c(C)c1)NCc1cc(F)ccc1CS(C)(=O)=O.I. The van der Waals surface area contributed by atoms with E-state index in [1.807, 2.05) is 25.1 Å². The van der Waals surface area contributed by atoms with Crippen molar-refractivity contribution < 1.29 is 17.5 Å². The number of aliphatic imine (C=N–C) groups is 1. The number of benzene rings is 2. The lowest BCUT2D eigenvalue weighted by atomic mass is 10.1. The van der Waals surface area contributed by atoms with Gasteiger partial charge in [-0.15, -0.1) is 24.0 Å². The average molecular weight is 535 g/mol. The molecule has 9 heteroatoms. The van der Waals surface area contributed by atoms with Gasteiger partial charge in [-0.2, -0.15) is 0 Å². The van der Waals surface area contributed by atoms with E-state index in [0.717, 1.165) is 23.1 Å². The third-order valence-electron chi connectivity index (χ3n) is 4.18.